The van der Waals surface area contributed by atoms with Crippen LogP contribution in [0.1, 0.15) is 23.3 Å². The molecule has 1 amide bonds. The van der Waals surface area contributed by atoms with E-state index in [1.165, 1.54) is 18.6 Å². The van der Waals surface area contributed by atoms with Crippen molar-refractivity contribution < 1.29 is 4.79 Å². The van der Waals surface area contributed by atoms with E-state index in [2.05, 4.69) is 25.3 Å². The summed E-state index contributed by atoms with van der Waals surface area (Å²) in [5.74, 6) is -0.322. The molecule has 1 fully saturated rings. The minimum absolute atomic E-state index is 0.00736. The first kappa shape index (κ1) is 15.9. The number of H-pyrrole nitrogens is 1. The Kier molecular flexibility index (Phi) is 4.38. The van der Waals surface area contributed by atoms with Crippen LogP contribution in [0.25, 0.3) is 0 Å². The van der Waals surface area contributed by atoms with Crippen LogP contribution >= 0.6 is 0 Å². The molecule has 10 nitrogen and oxygen atoms in total. The Morgan fingerprint density at radius 1 is 1.33 bits per heavy atom. The molecule has 24 heavy (non-hydrogen) atoms. The molecule has 1 atom stereocenters. The predicted molar refractivity (Wildman–Crippen MR) is 88.7 cm³/mol. The molecule has 1 saturated heterocycles. The van der Waals surface area contributed by atoms with Crippen LogP contribution in [-0.4, -0.2) is 45.0 Å². The third kappa shape index (κ3) is 3.33. The van der Waals surface area contributed by atoms with E-state index in [-0.39, 0.29) is 23.4 Å². The van der Waals surface area contributed by atoms with Crippen LogP contribution in [0, 0.1) is 0 Å². The summed E-state index contributed by atoms with van der Waals surface area (Å²) in [6.07, 6.45) is 6.04. The van der Waals surface area contributed by atoms with E-state index in [4.69, 9.17) is 11.5 Å². The molecule has 0 bridgehead atoms. The molecule has 0 aromatic carbocycles. The summed E-state index contributed by atoms with van der Waals surface area (Å²) in [6, 6.07) is 0.0323. The molecule has 0 saturated carbocycles. The Bertz CT molecular complexity index is 805. The molecule has 0 spiro atoms. The van der Waals surface area contributed by atoms with Crippen molar-refractivity contribution in [2.75, 3.05) is 29.0 Å². The molecule has 1 aliphatic rings. The van der Waals surface area contributed by atoms with E-state index in [1.807, 2.05) is 4.90 Å². The van der Waals surface area contributed by atoms with Crippen LogP contribution < -0.4 is 27.4 Å². The molecular weight excluding hydrogens is 312 g/mol. The average molecular weight is 330 g/mol. The van der Waals surface area contributed by atoms with E-state index in [0.717, 1.165) is 19.4 Å². The first-order valence-corrected chi connectivity index (χ1v) is 7.52. The van der Waals surface area contributed by atoms with Crippen molar-refractivity contribution in [3.05, 3.63) is 34.8 Å². The largest absolute Gasteiger partial charge is 0.382 e. The zero-order valence-electron chi connectivity index (χ0n) is 12.9. The van der Waals surface area contributed by atoms with Gasteiger partial charge in [0, 0.05) is 31.5 Å². The summed E-state index contributed by atoms with van der Waals surface area (Å²) >= 11 is 0. The Balaban J connectivity index is 1.90. The number of nitrogens with two attached hydrogens (primary N) is 2. The summed E-state index contributed by atoms with van der Waals surface area (Å²) in [4.78, 5) is 39.9. The van der Waals surface area contributed by atoms with E-state index >= 15 is 0 Å². The average Bonchev–Trinajstić information content (AvgIpc) is 2.55. The van der Waals surface area contributed by atoms with Crippen molar-refractivity contribution in [2.24, 2.45) is 5.73 Å². The van der Waals surface area contributed by atoms with Crippen LogP contribution in [-0.2, 0) is 0 Å². The second-order valence-corrected chi connectivity index (χ2v) is 5.54. The first-order chi connectivity index (χ1) is 11.5. The fourth-order valence-electron chi connectivity index (χ4n) is 2.65. The number of carbonyl (C=O) groups is 1. The lowest BCUT2D eigenvalue weighted by Crippen LogP contribution is -2.43. The van der Waals surface area contributed by atoms with Crippen molar-refractivity contribution in [2.45, 2.75) is 18.9 Å². The summed E-state index contributed by atoms with van der Waals surface area (Å²) in [6.45, 7) is 1.38. The van der Waals surface area contributed by atoms with Gasteiger partial charge in [0.15, 0.2) is 11.5 Å². The van der Waals surface area contributed by atoms with Crippen molar-refractivity contribution in [1.29, 1.82) is 0 Å². The number of amides is 1. The molecule has 0 aliphatic carbocycles. The van der Waals surface area contributed by atoms with Gasteiger partial charge in [-0.25, -0.2) is 14.8 Å². The van der Waals surface area contributed by atoms with Crippen molar-refractivity contribution in [1.82, 2.24) is 19.9 Å². The van der Waals surface area contributed by atoms with Gasteiger partial charge in [-0.2, -0.15) is 4.98 Å². The zero-order valence-corrected chi connectivity index (χ0v) is 12.9. The highest BCUT2D eigenvalue weighted by molar-refractivity contribution is 6.06. The fourth-order valence-corrected chi connectivity index (χ4v) is 2.65. The number of piperidine rings is 1. The SMILES string of the molecule is Nc1nccnc1C(=O)Nc1[nH]c(=O)ncc1N1CCCC(N)C1. The summed E-state index contributed by atoms with van der Waals surface area (Å²) in [5.41, 5.74) is 11.7. The number of nitrogens with zero attached hydrogens (tertiary/aromatic N) is 4. The van der Waals surface area contributed by atoms with Gasteiger partial charge in [0.05, 0.1) is 11.9 Å². The second kappa shape index (κ2) is 6.62. The van der Waals surface area contributed by atoms with E-state index in [1.54, 1.807) is 0 Å². The second-order valence-electron chi connectivity index (χ2n) is 5.54. The van der Waals surface area contributed by atoms with Crippen LogP contribution in [0.2, 0.25) is 0 Å². The monoisotopic (exact) mass is 330 g/mol. The molecular formula is C14H18N8O2. The van der Waals surface area contributed by atoms with Gasteiger partial charge in [-0.1, -0.05) is 0 Å². The maximum Gasteiger partial charge on any atom is 0.346 e. The van der Waals surface area contributed by atoms with Gasteiger partial charge < -0.3 is 21.7 Å². The molecule has 3 heterocycles. The lowest BCUT2D eigenvalue weighted by atomic mass is 10.1. The highest BCUT2D eigenvalue weighted by Crippen LogP contribution is 2.25. The lowest BCUT2D eigenvalue weighted by molar-refractivity contribution is 0.102. The van der Waals surface area contributed by atoms with Gasteiger partial charge in [-0.15, -0.1) is 0 Å². The smallest absolute Gasteiger partial charge is 0.346 e. The van der Waals surface area contributed by atoms with Crippen LogP contribution in [0.4, 0.5) is 17.3 Å². The fraction of sp³-hybridized carbons (Fsp3) is 0.357. The molecule has 2 aromatic heterocycles. The Labute approximate surface area is 137 Å². The molecule has 1 aliphatic heterocycles. The van der Waals surface area contributed by atoms with Crippen molar-refractivity contribution in [3.8, 4) is 0 Å². The highest BCUT2D eigenvalue weighted by atomic mass is 16.2. The molecule has 2 aromatic rings. The van der Waals surface area contributed by atoms with Crippen LogP contribution in [0.3, 0.4) is 0 Å². The Hall–Kier alpha value is -3.01. The normalized spacial score (nSPS) is 17.5. The quantitative estimate of drug-likeness (QED) is 0.577. The predicted octanol–water partition coefficient (Wildman–Crippen LogP) is -0.678. The highest BCUT2D eigenvalue weighted by Gasteiger charge is 2.22. The maximum atomic E-state index is 12.4. The van der Waals surface area contributed by atoms with E-state index in [0.29, 0.717) is 12.2 Å². The van der Waals surface area contributed by atoms with Gasteiger partial charge in [0.2, 0.25) is 0 Å². The summed E-state index contributed by atoms with van der Waals surface area (Å²) in [5, 5.41) is 2.62. The van der Waals surface area contributed by atoms with Crippen LogP contribution in [0.15, 0.2) is 23.4 Å². The first-order valence-electron chi connectivity index (χ1n) is 7.52. The molecule has 10 heteroatoms. The standard InChI is InChI=1S/C14H18N8O2/c15-8-2-1-5-22(7-8)9-6-19-14(24)21-12(9)20-13(23)10-11(16)18-4-3-17-10/h3-4,6,8H,1-2,5,7,15H2,(H2,16,18)(H2,19,20,21,23,24). The number of nitrogens with one attached hydrogen (secondary N) is 2. The van der Waals surface area contributed by atoms with Crippen molar-refractivity contribution >= 4 is 23.2 Å². The minimum Gasteiger partial charge on any atom is -0.382 e. The number of rotatable bonds is 3. The third-order valence-electron chi connectivity index (χ3n) is 3.77. The molecule has 6 N–H and O–H groups in total. The number of aromatic nitrogens is 4. The zero-order chi connectivity index (χ0) is 17.1. The topological polar surface area (TPSA) is 156 Å². The maximum absolute atomic E-state index is 12.4. The summed E-state index contributed by atoms with van der Waals surface area (Å²) < 4.78 is 0. The van der Waals surface area contributed by atoms with Gasteiger partial charge in [-0.3, -0.25) is 9.78 Å². The third-order valence-corrected chi connectivity index (χ3v) is 3.77. The molecule has 1 unspecified atom stereocenters. The van der Waals surface area contributed by atoms with E-state index < -0.39 is 11.6 Å². The van der Waals surface area contributed by atoms with Gasteiger partial charge >= 0.3 is 5.69 Å². The van der Waals surface area contributed by atoms with Gasteiger partial charge in [0.1, 0.15) is 5.82 Å². The van der Waals surface area contributed by atoms with Gasteiger partial charge in [0.25, 0.3) is 5.91 Å². The summed E-state index contributed by atoms with van der Waals surface area (Å²) in [7, 11) is 0. The minimum atomic E-state index is -0.567. The van der Waals surface area contributed by atoms with E-state index in [9.17, 15) is 9.59 Å². The van der Waals surface area contributed by atoms with Gasteiger partial charge in [-0.05, 0) is 12.8 Å². The molecule has 0 radical (unpaired) electrons. The Morgan fingerprint density at radius 2 is 2.12 bits per heavy atom. The van der Waals surface area contributed by atoms with Crippen molar-refractivity contribution in [3.63, 3.8) is 0 Å². The molecule has 126 valence electrons. The number of hydrogen-bond acceptors (Lipinski definition) is 8. The number of carbonyl (C=O) groups excluding carboxylic acids is 1. The number of nitrogen functional groups attached to an aromatic ring is 1. The molecule has 3 rings (SSSR count). The number of aromatic amines is 1. The van der Waals surface area contributed by atoms with Crippen LogP contribution in [0.5, 0.6) is 0 Å². The number of hydrogen-bond donors (Lipinski definition) is 4. The lowest BCUT2D eigenvalue weighted by Gasteiger charge is -2.33. The number of anilines is 3. The Morgan fingerprint density at radius 3 is 2.88 bits per heavy atom.